The summed E-state index contributed by atoms with van der Waals surface area (Å²) in [5.74, 6) is 1.82. The Bertz CT molecular complexity index is 738. The highest BCUT2D eigenvalue weighted by Crippen LogP contribution is 2.16. The summed E-state index contributed by atoms with van der Waals surface area (Å²) in [5.41, 5.74) is 1.44. The molecule has 0 saturated carbocycles. The van der Waals surface area contributed by atoms with Crippen molar-refractivity contribution >= 4 is 11.9 Å². The van der Waals surface area contributed by atoms with Crippen LogP contribution in [0.4, 0.5) is 5.95 Å². The highest BCUT2D eigenvalue weighted by Gasteiger charge is 2.28. The molecule has 1 aromatic heterocycles. The number of amides is 1. The minimum absolute atomic E-state index is 0.296. The number of anilines is 1. The van der Waals surface area contributed by atoms with E-state index < -0.39 is 0 Å². The third-order valence-electron chi connectivity index (χ3n) is 6.05. The van der Waals surface area contributed by atoms with E-state index in [1.807, 2.05) is 11.0 Å². The van der Waals surface area contributed by atoms with Gasteiger partial charge in [0.1, 0.15) is 0 Å². The van der Waals surface area contributed by atoms with Gasteiger partial charge in [-0.2, -0.15) is 0 Å². The van der Waals surface area contributed by atoms with Gasteiger partial charge in [-0.05, 0) is 36.8 Å². The lowest BCUT2D eigenvalue weighted by Crippen LogP contribution is -3.14. The standard InChI is InChI=1S/C22H29N5O/c28-21(26-13-15-27(16-14-26)22-23-9-4-10-24-22)18-25-11-7-20(8-12-25)17-19-5-2-1-3-6-19/h1-6,9-10,20H,7-8,11-18H2/p+1. The Morgan fingerprint density at radius 1 is 0.964 bits per heavy atom. The summed E-state index contributed by atoms with van der Waals surface area (Å²) in [6.07, 6.45) is 7.15. The molecule has 2 aliphatic rings. The lowest BCUT2D eigenvalue weighted by molar-refractivity contribution is -0.898. The minimum atomic E-state index is 0.296. The molecule has 2 aromatic rings. The Kier molecular flexibility index (Phi) is 6.17. The van der Waals surface area contributed by atoms with Gasteiger partial charge in [0.2, 0.25) is 5.95 Å². The van der Waals surface area contributed by atoms with Crippen molar-refractivity contribution in [1.29, 1.82) is 0 Å². The van der Waals surface area contributed by atoms with E-state index in [-0.39, 0.29) is 0 Å². The number of benzene rings is 1. The first-order chi connectivity index (χ1) is 13.8. The number of hydrogen-bond donors (Lipinski definition) is 1. The van der Waals surface area contributed by atoms with Gasteiger partial charge in [-0.25, -0.2) is 9.97 Å². The average molecular weight is 381 g/mol. The number of likely N-dealkylation sites (tertiary alicyclic amines) is 1. The lowest BCUT2D eigenvalue weighted by Gasteiger charge is -2.36. The number of piperidine rings is 1. The first-order valence-electron chi connectivity index (χ1n) is 10.4. The van der Waals surface area contributed by atoms with Gasteiger partial charge in [0.25, 0.3) is 5.91 Å². The van der Waals surface area contributed by atoms with Crippen molar-refractivity contribution in [2.45, 2.75) is 19.3 Å². The van der Waals surface area contributed by atoms with Crippen LogP contribution in [0.25, 0.3) is 0 Å². The molecule has 0 radical (unpaired) electrons. The van der Waals surface area contributed by atoms with E-state index in [0.29, 0.717) is 12.5 Å². The Hall–Kier alpha value is -2.47. The van der Waals surface area contributed by atoms with Crippen LogP contribution in [0, 0.1) is 5.92 Å². The second kappa shape index (κ2) is 9.15. The quantitative estimate of drug-likeness (QED) is 0.828. The molecule has 0 spiro atoms. The zero-order valence-corrected chi connectivity index (χ0v) is 16.5. The van der Waals surface area contributed by atoms with Crippen LogP contribution in [0.15, 0.2) is 48.8 Å². The topological polar surface area (TPSA) is 53.8 Å². The van der Waals surface area contributed by atoms with Crippen molar-refractivity contribution in [2.75, 3.05) is 50.7 Å². The van der Waals surface area contributed by atoms with Crippen molar-refractivity contribution in [3.63, 3.8) is 0 Å². The van der Waals surface area contributed by atoms with E-state index in [4.69, 9.17) is 0 Å². The first kappa shape index (κ1) is 18.9. The maximum atomic E-state index is 12.7. The van der Waals surface area contributed by atoms with Gasteiger partial charge in [-0.1, -0.05) is 30.3 Å². The number of rotatable bonds is 5. The molecule has 2 aliphatic heterocycles. The van der Waals surface area contributed by atoms with E-state index in [1.165, 1.54) is 29.7 Å². The molecule has 6 heteroatoms. The number of aromatic nitrogens is 2. The van der Waals surface area contributed by atoms with E-state index >= 15 is 0 Å². The summed E-state index contributed by atoms with van der Waals surface area (Å²) in [6, 6.07) is 12.6. The molecule has 0 atom stereocenters. The predicted molar refractivity (Wildman–Crippen MR) is 109 cm³/mol. The first-order valence-corrected chi connectivity index (χ1v) is 10.4. The Morgan fingerprint density at radius 2 is 1.64 bits per heavy atom. The fraction of sp³-hybridized carbons (Fsp3) is 0.500. The smallest absolute Gasteiger partial charge is 0.277 e. The average Bonchev–Trinajstić information content (AvgIpc) is 2.76. The van der Waals surface area contributed by atoms with Crippen LogP contribution >= 0.6 is 0 Å². The van der Waals surface area contributed by atoms with Crippen molar-refractivity contribution in [3.8, 4) is 0 Å². The SMILES string of the molecule is O=C(C[NH+]1CCC(Cc2ccccc2)CC1)N1CCN(c2ncccn2)CC1. The molecule has 28 heavy (non-hydrogen) atoms. The predicted octanol–water partition coefficient (Wildman–Crippen LogP) is 0.663. The van der Waals surface area contributed by atoms with Crippen LogP contribution in [0.5, 0.6) is 0 Å². The highest BCUT2D eigenvalue weighted by molar-refractivity contribution is 5.77. The van der Waals surface area contributed by atoms with Crippen molar-refractivity contribution in [3.05, 3.63) is 54.4 Å². The maximum absolute atomic E-state index is 12.7. The molecule has 1 aromatic carbocycles. The number of nitrogens with one attached hydrogen (secondary N) is 1. The van der Waals surface area contributed by atoms with E-state index in [1.54, 1.807) is 12.4 Å². The summed E-state index contributed by atoms with van der Waals surface area (Å²) in [5, 5.41) is 0. The van der Waals surface area contributed by atoms with Gasteiger partial charge >= 0.3 is 0 Å². The van der Waals surface area contributed by atoms with Crippen molar-refractivity contribution < 1.29 is 9.69 Å². The molecule has 148 valence electrons. The van der Waals surface area contributed by atoms with Crippen LogP contribution < -0.4 is 9.80 Å². The van der Waals surface area contributed by atoms with Gasteiger partial charge in [0, 0.05) is 38.6 Å². The second-order valence-electron chi connectivity index (χ2n) is 7.98. The molecular formula is C22H30N5O+. The Morgan fingerprint density at radius 3 is 2.32 bits per heavy atom. The van der Waals surface area contributed by atoms with Crippen LogP contribution in [0.3, 0.4) is 0 Å². The van der Waals surface area contributed by atoms with Crippen LogP contribution in [-0.2, 0) is 11.2 Å². The molecule has 1 N–H and O–H groups in total. The normalized spacial score (nSPS) is 22.9. The third kappa shape index (κ3) is 4.87. The van der Waals surface area contributed by atoms with E-state index in [9.17, 15) is 4.79 Å². The van der Waals surface area contributed by atoms with E-state index in [0.717, 1.165) is 51.1 Å². The molecule has 0 aliphatic carbocycles. The Balaban J connectivity index is 1.19. The van der Waals surface area contributed by atoms with Crippen LogP contribution in [0.2, 0.25) is 0 Å². The lowest BCUT2D eigenvalue weighted by atomic mass is 9.90. The summed E-state index contributed by atoms with van der Waals surface area (Å²) in [7, 11) is 0. The van der Waals surface area contributed by atoms with Crippen molar-refractivity contribution in [2.24, 2.45) is 5.92 Å². The number of quaternary nitrogens is 1. The zero-order chi connectivity index (χ0) is 19.2. The largest absolute Gasteiger partial charge is 0.337 e. The summed E-state index contributed by atoms with van der Waals surface area (Å²) in [4.78, 5) is 27.0. The Labute approximate surface area is 167 Å². The molecule has 2 fully saturated rings. The summed E-state index contributed by atoms with van der Waals surface area (Å²) < 4.78 is 0. The zero-order valence-electron chi connectivity index (χ0n) is 16.5. The van der Waals surface area contributed by atoms with Crippen LogP contribution in [0.1, 0.15) is 18.4 Å². The molecule has 2 saturated heterocycles. The van der Waals surface area contributed by atoms with Gasteiger partial charge in [0.15, 0.2) is 6.54 Å². The van der Waals surface area contributed by atoms with Gasteiger partial charge in [0.05, 0.1) is 13.1 Å². The summed E-state index contributed by atoms with van der Waals surface area (Å²) in [6.45, 7) is 6.01. The molecule has 1 amide bonds. The van der Waals surface area contributed by atoms with Crippen molar-refractivity contribution in [1.82, 2.24) is 14.9 Å². The van der Waals surface area contributed by atoms with Gasteiger partial charge in [-0.15, -0.1) is 0 Å². The molecule has 0 bridgehead atoms. The molecule has 6 nitrogen and oxygen atoms in total. The third-order valence-corrected chi connectivity index (χ3v) is 6.05. The number of nitrogens with zero attached hydrogens (tertiary/aromatic N) is 4. The molecule has 0 unspecified atom stereocenters. The second-order valence-corrected chi connectivity index (χ2v) is 7.98. The highest BCUT2D eigenvalue weighted by atomic mass is 16.2. The maximum Gasteiger partial charge on any atom is 0.277 e. The number of hydrogen-bond acceptors (Lipinski definition) is 4. The van der Waals surface area contributed by atoms with Gasteiger partial charge in [-0.3, -0.25) is 4.79 Å². The number of carbonyl (C=O) groups excluding carboxylic acids is 1. The monoisotopic (exact) mass is 380 g/mol. The fourth-order valence-corrected chi connectivity index (χ4v) is 4.35. The van der Waals surface area contributed by atoms with Crippen LogP contribution in [-0.4, -0.2) is 66.6 Å². The minimum Gasteiger partial charge on any atom is -0.337 e. The number of piperazine rings is 1. The molecule has 4 rings (SSSR count). The molecule has 3 heterocycles. The van der Waals surface area contributed by atoms with Gasteiger partial charge < -0.3 is 14.7 Å². The summed E-state index contributed by atoms with van der Waals surface area (Å²) >= 11 is 0. The fourth-order valence-electron chi connectivity index (χ4n) is 4.35. The number of carbonyl (C=O) groups is 1. The molecular weight excluding hydrogens is 350 g/mol. The van der Waals surface area contributed by atoms with E-state index in [2.05, 4.69) is 45.2 Å².